The van der Waals surface area contributed by atoms with Crippen molar-refractivity contribution in [2.24, 2.45) is 0 Å². The number of benzene rings is 2. The van der Waals surface area contributed by atoms with Crippen LogP contribution in [0, 0.1) is 0 Å². The third kappa shape index (κ3) is 5.77. The summed E-state index contributed by atoms with van der Waals surface area (Å²) >= 11 is 0. The van der Waals surface area contributed by atoms with E-state index in [4.69, 9.17) is 0 Å². The molecule has 1 saturated heterocycles. The summed E-state index contributed by atoms with van der Waals surface area (Å²) in [5.41, 5.74) is 1.21. The standard InChI is InChI=1S/C20H25N3O5S/c24-17-6-8-18(9-7-17)29(27,28)21-14-19(20(25)26)23-12-10-22(11-13-23)15-16-4-2-1-3-5-16/h1-9,19,21,24H,10-15H2,(H,25,26). The summed E-state index contributed by atoms with van der Waals surface area (Å²) in [6.45, 7) is 3.10. The molecule has 0 spiro atoms. The predicted molar refractivity (Wildman–Crippen MR) is 108 cm³/mol. The van der Waals surface area contributed by atoms with Gasteiger partial charge in [-0.1, -0.05) is 30.3 Å². The van der Waals surface area contributed by atoms with Gasteiger partial charge in [-0.25, -0.2) is 13.1 Å². The highest BCUT2D eigenvalue weighted by Crippen LogP contribution is 2.15. The predicted octanol–water partition coefficient (Wildman–Crippen LogP) is 0.942. The molecule has 156 valence electrons. The van der Waals surface area contributed by atoms with Crippen molar-refractivity contribution < 1.29 is 23.4 Å². The molecule has 0 radical (unpaired) electrons. The fourth-order valence-corrected chi connectivity index (χ4v) is 4.38. The van der Waals surface area contributed by atoms with Crippen LogP contribution in [0.25, 0.3) is 0 Å². The molecule has 0 saturated carbocycles. The van der Waals surface area contributed by atoms with Crippen LogP contribution in [0.2, 0.25) is 0 Å². The van der Waals surface area contributed by atoms with Gasteiger partial charge in [0.2, 0.25) is 10.0 Å². The van der Waals surface area contributed by atoms with Gasteiger partial charge in [-0.15, -0.1) is 0 Å². The van der Waals surface area contributed by atoms with Crippen LogP contribution >= 0.6 is 0 Å². The van der Waals surface area contributed by atoms with Crippen LogP contribution in [0.4, 0.5) is 0 Å². The fraction of sp³-hybridized carbons (Fsp3) is 0.350. The molecule has 9 heteroatoms. The third-order valence-electron chi connectivity index (χ3n) is 5.00. The molecule has 1 aliphatic heterocycles. The Morgan fingerprint density at radius 2 is 1.62 bits per heavy atom. The topological polar surface area (TPSA) is 110 Å². The molecule has 1 fully saturated rings. The van der Waals surface area contributed by atoms with Gasteiger partial charge >= 0.3 is 5.97 Å². The van der Waals surface area contributed by atoms with Gasteiger partial charge in [0.25, 0.3) is 0 Å². The maximum atomic E-state index is 12.4. The van der Waals surface area contributed by atoms with E-state index in [9.17, 15) is 23.4 Å². The second kappa shape index (κ2) is 9.36. The van der Waals surface area contributed by atoms with Crippen molar-refractivity contribution in [3.8, 4) is 5.75 Å². The number of hydrogen-bond donors (Lipinski definition) is 3. The Labute approximate surface area is 170 Å². The Kier molecular flexibility index (Phi) is 6.86. The van der Waals surface area contributed by atoms with Crippen molar-refractivity contribution in [1.82, 2.24) is 14.5 Å². The highest BCUT2D eigenvalue weighted by Gasteiger charge is 2.30. The number of piperazine rings is 1. The molecule has 0 aliphatic carbocycles. The summed E-state index contributed by atoms with van der Waals surface area (Å²) in [5, 5.41) is 18.9. The Hall–Kier alpha value is -2.46. The van der Waals surface area contributed by atoms with Gasteiger partial charge in [-0.2, -0.15) is 0 Å². The fourth-order valence-electron chi connectivity index (χ4n) is 3.34. The zero-order valence-corrected chi connectivity index (χ0v) is 16.8. The number of carboxylic acids is 1. The lowest BCUT2D eigenvalue weighted by Gasteiger charge is -2.37. The first-order valence-corrected chi connectivity index (χ1v) is 10.9. The molecule has 3 N–H and O–H groups in total. The van der Waals surface area contributed by atoms with E-state index in [1.54, 1.807) is 4.90 Å². The number of sulfonamides is 1. The zero-order valence-electron chi connectivity index (χ0n) is 15.9. The molecular formula is C20H25N3O5S. The number of aromatic hydroxyl groups is 1. The Bertz CT molecular complexity index is 911. The molecule has 2 aromatic carbocycles. The van der Waals surface area contributed by atoms with Gasteiger partial charge in [-0.05, 0) is 29.8 Å². The molecular weight excluding hydrogens is 394 g/mol. The van der Waals surface area contributed by atoms with E-state index >= 15 is 0 Å². The van der Waals surface area contributed by atoms with Crippen LogP contribution in [0.15, 0.2) is 59.5 Å². The molecule has 3 rings (SSSR count). The van der Waals surface area contributed by atoms with Crippen molar-refractivity contribution in [3.05, 3.63) is 60.2 Å². The van der Waals surface area contributed by atoms with Crippen LogP contribution in [0.5, 0.6) is 5.75 Å². The number of rotatable bonds is 8. The number of hydrogen-bond acceptors (Lipinski definition) is 6. The zero-order chi connectivity index (χ0) is 20.9. The summed E-state index contributed by atoms with van der Waals surface area (Å²) < 4.78 is 27.2. The normalized spacial score (nSPS) is 17.1. The van der Waals surface area contributed by atoms with E-state index in [0.29, 0.717) is 26.2 Å². The number of nitrogens with zero attached hydrogens (tertiary/aromatic N) is 2. The van der Waals surface area contributed by atoms with Crippen LogP contribution < -0.4 is 4.72 Å². The van der Waals surface area contributed by atoms with Crippen molar-refractivity contribution in [3.63, 3.8) is 0 Å². The lowest BCUT2D eigenvalue weighted by atomic mass is 10.1. The molecule has 2 aromatic rings. The highest BCUT2D eigenvalue weighted by molar-refractivity contribution is 7.89. The Morgan fingerprint density at radius 3 is 2.21 bits per heavy atom. The number of aliphatic carboxylic acids is 1. The largest absolute Gasteiger partial charge is 0.508 e. The van der Waals surface area contributed by atoms with E-state index in [2.05, 4.69) is 21.8 Å². The van der Waals surface area contributed by atoms with E-state index in [1.165, 1.54) is 29.8 Å². The third-order valence-corrected chi connectivity index (χ3v) is 6.43. The smallest absolute Gasteiger partial charge is 0.322 e. The van der Waals surface area contributed by atoms with Crippen molar-refractivity contribution >= 4 is 16.0 Å². The van der Waals surface area contributed by atoms with Gasteiger partial charge in [-0.3, -0.25) is 14.6 Å². The quantitative estimate of drug-likeness (QED) is 0.584. The molecule has 0 aromatic heterocycles. The number of carboxylic acid groups (broad SMARTS) is 1. The van der Waals surface area contributed by atoms with Crippen LogP contribution in [-0.2, 0) is 21.4 Å². The van der Waals surface area contributed by atoms with Gasteiger partial charge in [0.15, 0.2) is 0 Å². The molecule has 1 aliphatic rings. The minimum Gasteiger partial charge on any atom is -0.508 e. The highest BCUT2D eigenvalue weighted by atomic mass is 32.2. The van der Waals surface area contributed by atoms with E-state index < -0.39 is 22.0 Å². The average Bonchev–Trinajstić information content (AvgIpc) is 2.70. The summed E-state index contributed by atoms with van der Waals surface area (Å²) in [6, 6.07) is 14.2. The molecule has 1 unspecified atom stereocenters. The monoisotopic (exact) mass is 419 g/mol. The minimum atomic E-state index is -3.86. The summed E-state index contributed by atoms with van der Waals surface area (Å²) in [5.74, 6) is -1.10. The second-order valence-corrected chi connectivity index (χ2v) is 8.76. The molecule has 1 atom stereocenters. The maximum Gasteiger partial charge on any atom is 0.322 e. The molecule has 1 heterocycles. The van der Waals surface area contributed by atoms with Gasteiger partial charge in [0.1, 0.15) is 11.8 Å². The number of phenols is 1. The lowest BCUT2D eigenvalue weighted by molar-refractivity contribution is -0.143. The van der Waals surface area contributed by atoms with E-state index in [-0.39, 0.29) is 17.2 Å². The molecule has 29 heavy (non-hydrogen) atoms. The second-order valence-electron chi connectivity index (χ2n) is 7.00. The summed E-state index contributed by atoms with van der Waals surface area (Å²) in [7, 11) is -3.86. The number of nitrogens with one attached hydrogen (secondary N) is 1. The average molecular weight is 420 g/mol. The molecule has 0 bridgehead atoms. The molecule has 0 amide bonds. The first kappa shape index (κ1) is 21.3. The Morgan fingerprint density at radius 1 is 1.00 bits per heavy atom. The van der Waals surface area contributed by atoms with Crippen LogP contribution in [0.3, 0.4) is 0 Å². The van der Waals surface area contributed by atoms with Gasteiger partial charge < -0.3 is 10.2 Å². The van der Waals surface area contributed by atoms with Crippen LogP contribution in [0.1, 0.15) is 5.56 Å². The summed E-state index contributed by atoms with van der Waals surface area (Å²) in [6.07, 6.45) is 0. The number of phenolic OH excluding ortho intramolecular Hbond substituents is 1. The minimum absolute atomic E-state index is 0.0212. The van der Waals surface area contributed by atoms with Gasteiger partial charge in [0.05, 0.1) is 4.90 Å². The lowest BCUT2D eigenvalue weighted by Crippen LogP contribution is -2.55. The van der Waals surface area contributed by atoms with Crippen molar-refractivity contribution in [2.75, 3.05) is 32.7 Å². The van der Waals surface area contributed by atoms with E-state index in [1.807, 2.05) is 18.2 Å². The van der Waals surface area contributed by atoms with Crippen molar-refractivity contribution in [1.29, 1.82) is 0 Å². The van der Waals surface area contributed by atoms with Crippen LogP contribution in [-0.4, -0.2) is 73.2 Å². The first-order valence-electron chi connectivity index (χ1n) is 9.37. The first-order chi connectivity index (χ1) is 13.8. The van der Waals surface area contributed by atoms with Crippen molar-refractivity contribution in [2.45, 2.75) is 17.5 Å². The SMILES string of the molecule is O=C(O)C(CNS(=O)(=O)c1ccc(O)cc1)N1CCN(Cc2ccccc2)CC1. The molecule has 8 nitrogen and oxygen atoms in total. The maximum absolute atomic E-state index is 12.4. The van der Waals surface area contributed by atoms with Gasteiger partial charge in [0, 0.05) is 39.3 Å². The number of carbonyl (C=O) groups is 1. The Balaban J connectivity index is 1.56. The van der Waals surface area contributed by atoms with E-state index in [0.717, 1.165) is 6.54 Å². The summed E-state index contributed by atoms with van der Waals surface area (Å²) in [4.78, 5) is 15.8.